The van der Waals surface area contributed by atoms with Crippen molar-refractivity contribution in [3.05, 3.63) is 0 Å². The molecule has 0 bridgehead atoms. The smallest absolute Gasteiger partial charge is 0.320 e. The van der Waals surface area contributed by atoms with Crippen LogP contribution in [0.4, 0.5) is 0 Å². The lowest BCUT2D eigenvalue weighted by molar-refractivity contribution is -0.138. The second-order valence-corrected chi connectivity index (χ2v) is 3.85. The summed E-state index contributed by atoms with van der Waals surface area (Å²) in [7, 11) is 0. The number of nitrogens with two attached hydrogens (primary N) is 2. The van der Waals surface area contributed by atoms with Gasteiger partial charge in [0.25, 0.3) is 0 Å². The maximum Gasteiger partial charge on any atom is 0.320 e. The summed E-state index contributed by atoms with van der Waals surface area (Å²) in [6, 6.07) is -0.716. The zero-order chi connectivity index (χ0) is 11.8. The zero-order valence-corrected chi connectivity index (χ0v) is 9.61. The first-order valence-electron chi connectivity index (χ1n) is 4.97. The van der Waals surface area contributed by atoms with Gasteiger partial charge in [0.05, 0.1) is 6.10 Å². The van der Waals surface area contributed by atoms with Gasteiger partial charge in [-0.1, -0.05) is 18.0 Å². The Hall–Kier alpha value is -0.360. The molecule has 0 amide bonds. The molecule has 90 valence electrons. The topological polar surface area (TPSA) is 102 Å². The number of hydrogen-bond acceptors (Lipinski definition) is 4. The number of carbonyl (C=O) groups is 1. The van der Waals surface area contributed by atoms with Gasteiger partial charge >= 0.3 is 5.97 Å². The monoisotopic (exact) mass is 238 g/mol. The van der Waals surface area contributed by atoms with Crippen molar-refractivity contribution in [3.63, 3.8) is 0 Å². The van der Waals surface area contributed by atoms with Gasteiger partial charge in [-0.25, -0.2) is 0 Å². The van der Waals surface area contributed by atoms with Crippen LogP contribution >= 0.6 is 11.6 Å². The number of unbranched alkanes of at least 4 members (excludes halogenated alkanes) is 1. The predicted molar refractivity (Wildman–Crippen MR) is 58.7 cm³/mol. The Morgan fingerprint density at radius 2 is 2.07 bits per heavy atom. The van der Waals surface area contributed by atoms with Crippen molar-refractivity contribution in [2.24, 2.45) is 11.5 Å². The Labute approximate surface area is 94.7 Å². The Morgan fingerprint density at radius 1 is 1.60 bits per heavy atom. The molecule has 0 spiro atoms. The third-order valence-electron chi connectivity index (χ3n) is 1.92. The number of carboxylic acids is 1. The van der Waals surface area contributed by atoms with E-state index in [1.807, 2.05) is 6.92 Å². The number of halogens is 1. The van der Waals surface area contributed by atoms with Crippen LogP contribution in [0.1, 0.15) is 26.2 Å². The highest BCUT2D eigenvalue weighted by molar-refractivity contribution is 6.21. The molecule has 0 aromatic rings. The van der Waals surface area contributed by atoms with Crippen LogP contribution in [0.25, 0.3) is 0 Å². The molecule has 6 heteroatoms. The normalized spacial score (nSPS) is 25.1. The number of carboxylic acid groups (broad SMARTS) is 1. The second kappa shape index (κ2) is 7.87. The Balaban J connectivity index is 0.000000322. The molecule has 1 aliphatic heterocycles. The van der Waals surface area contributed by atoms with E-state index in [2.05, 4.69) is 4.74 Å². The molecule has 3 atom stereocenters. The van der Waals surface area contributed by atoms with E-state index in [1.165, 1.54) is 0 Å². The number of aliphatic carboxylic acids is 1. The summed E-state index contributed by atoms with van der Waals surface area (Å²) in [5.74, 6) is -0.933. The van der Waals surface area contributed by atoms with Crippen LogP contribution in [0.15, 0.2) is 0 Å². The van der Waals surface area contributed by atoms with Crippen LogP contribution in [0.3, 0.4) is 0 Å². The first-order valence-corrected chi connectivity index (χ1v) is 5.40. The highest BCUT2D eigenvalue weighted by Crippen LogP contribution is 2.23. The standard InChI is InChI=1S/C6H14N2O2.C3H5ClO/c7-4-2-1-3-5(8)6(9)10;1-2-3(4)5-2/h5H,1-4,7-8H2,(H,9,10);2-3H,1H3. The fraction of sp³-hybridized carbons (Fsp3) is 0.889. The molecule has 0 aromatic carbocycles. The number of alkyl halides is 1. The minimum absolute atomic E-state index is 0.0231. The third-order valence-corrected chi connectivity index (χ3v) is 2.38. The van der Waals surface area contributed by atoms with Crippen molar-refractivity contribution in [1.29, 1.82) is 0 Å². The molecule has 5 nitrogen and oxygen atoms in total. The highest BCUT2D eigenvalue weighted by atomic mass is 35.5. The van der Waals surface area contributed by atoms with Gasteiger partial charge in [-0.05, 0) is 26.3 Å². The maximum absolute atomic E-state index is 10.1. The second-order valence-electron chi connectivity index (χ2n) is 3.42. The number of ether oxygens (including phenoxy) is 1. The van der Waals surface area contributed by atoms with Gasteiger partial charge in [0.2, 0.25) is 0 Å². The van der Waals surface area contributed by atoms with Gasteiger partial charge in [0.1, 0.15) is 6.04 Å². The summed E-state index contributed by atoms with van der Waals surface area (Å²) >= 11 is 5.31. The van der Waals surface area contributed by atoms with Gasteiger partial charge in [-0.15, -0.1) is 0 Å². The molecule has 0 aliphatic carbocycles. The highest BCUT2D eigenvalue weighted by Gasteiger charge is 2.30. The molecule has 0 saturated carbocycles. The van der Waals surface area contributed by atoms with E-state index in [0.717, 1.165) is 12.8 Å². The minimum Gasteiger partial charge on any atom is -0.480 e. The van der Waals surface area contributed by atoms with Crippen molar-refractivity contribution in [2.45, 2.75) is 43.9 Å². The molecule has 15 heavy (non-hydrogen) atoms. The van der Waals surface area contributed by atoms with E-state index < -0.39 is 12.0 Å². The molecule has 0 aromatic heterocycles. The number of hydrogen-bond donors (Lipinski definition) is 3. The van der Waals surface area contributed by atoms with E-state index in [4.69, 9.17) is 28.2 Å². The van der Waals surface area contributed by atoms with Crippen LogP contribution in [-0.4, -0.2) is 35.3 Å². The van der Waals surface area contributed by atoms with Gasteiger partial charge in [0.15, 0.2) is 5.56 Å². The largest absolute Gasteiger partial charge is 0.480 e. The molecule has 1 rings (SSSR count). The summed E-state index contributed by atoms with van der Waals surface area (Å²) in [6.07, 6.45) is 2.48. The summed E-state index contributed by atoms with van der Waals surface area (Å²) in [4.78, 5) is 10.1. The minimum atomic E-state index is -0.933. The molecule has 1 fully saturated rings. The molecule has 1 saturated heterocycles. The number of epoxide rings is 1. The quantitative estimate of drug-likeness (QED) is 0.368. The SMILES string of the molecule is CC1OC1Cl.NCCCCC(N)C(=O)O. The lowest BCUT2D eigenvalue weighted by atomic mass is 10.1. The average Bonchev–Trinajstić information content (AvgIpc) is 2.81. The van der Waals surface area contributed by atoms with Crippen molar-refractivity contribution in [3.8, 4) is 0 Å². The van der Waals surface area contributed by atoms with E-state index in [9.17, 15) is 4.79 Å². The average molecular weight is 239 g/mol. The molecule has 0 radical (unpaired) electrons. The van der Waals surface area contributed by atoms with Gasteiger partial charge in [-0.2, -0.15) is 0 Å². The fourth-order valence-electron chi connectivity index (χ4n) is 0.792. The molecule has 3 unspecified atom stereocenters. The van der Waals surface area contributed by atoms with Crippen LogP contribution in [0.2, 0.25) is 0 Å². The Kier molecular flexibility index (Phi) is 7.68. The summed E-state index contributed by atoms with van der Waals surface area (Å²) in [6.45, 7) is 2.55. The molecule has 1 heterocycles. The fourth-order valence-corrected chi connectivity index (χ4v) is 0.954. The van der Waals surface area contributed by atoms with Crippen molar-refractivity contribution < 1.29 is 14.6 Å². The van der Waals surface area contributed by atoms with Crippen molar-refractivity contribution in [1.82, 2.24) is 0 Å². The van der Waals surface area contributed by atoms with E-state index in [1.54, 1.807) is 0 Å². The number of rotatable bonds is 5. The van der Waals surface area contributed by atoms with Crippen molar-refractivity contribution in [2.75, 3.05) is 6.54 Å². The predicted octanol–water partition coefficient (Wildman–Crippen LogP) is 0.497. The van der Waals surface area contributed by atoms with Crippen LogP contribution in [0, 0.1) is 0 Å². The summed E-state index contributed by atoms with van der Waals surface area (Å²) in [5, 5.41) is 8.33. The zero-order valence-electron chi connectivity index (χ0n) is 8.86. The summed E-state index contributed by atoms with van der Waals surface area (Å²) in [5.41, 5.74) is 10.4. The maximum atomic E-state index is 10.1. The molecule has 1 aliphatic rings. The van der Waals surface area contributed by atoms with E-state index in [0.29, 0.717) is 19.1 Å². The molecule has 5 N–H and O–H groups in total. The van der Waals surface area contributed by atoms with Crippen LogP contribution < -0.4 is 11.5 Å². The lowest BCUT2D eigenvalue weighted by Gasteiger charge is -2.03. The summed E-state index contributed by atoms with van der Waals surface area (Å²) < 4.78 is 4.68. The third kappa shape index (κ3) is 8.62. The Bertz CT molecular complexity index is 186. The van der Waals surface area contributed by atoms with Crippen LogP contribution in [-0.2, 0) is 9.53 Å². The molecular formula is C9H19ClN2O3. The van der Waals surface area contributed by atoms with E-state index >= 15 is 0 Å². The first-order chi connectivity index (χ1) is 6.99. The van der Waals surface area contributed by atoms with Gasteiger partial charge < -0.3 is 21.3 Å². The van der Waals surface area contributed by atoms with Gasteiger partial charge in [0, 0.05) is 0 Å². The van der Waals surface area contributed by atoms with E-state index in [-0.39, 0.29) is 5.56 Å². The van der Waals surface area contributed by atoms with Crippen LogP contribution in [0.5, 0.6) is 0 Å². The Morgan fingerprint density at radius 3 is 2.33 bits per heavy atom. The molecular weight excluding hydrogens is 220 g/mol. The first kappa shape index (κ1) is 14.6. The van der Waals surface area contributed by atoms with Gasteiger partial charge in [-0.3, -0.25) is 4.79 Å². The lowest BCUT2D eigenvalue weighted by Crippen LogP contribution is -2.29. The van der Waals surface area contributed by atoms with Crippen molar-refractivity contribution >= 4 is 17.6 Å².